The predicted octanol–water partition coefficient (Wildman–Crippen LogP) is 4.96. The third-order valence-electron chi connectivity index (χ3n) is 4.47. The lowest BCUT2D eigenvalue weighted by molar-refractivity contribution is -0.130. The van der Waals surface area contributed by atoms with E-state index in [9.17, 15) is 4.79 Å². The highest BCUT2D eigenvalue weighted by Crippen LogP contribution is 2.35. The standard InChI is InChI=1S/C21H20N2O3S2/c1-25-16-6-2-5-15(11-16)13-27-14-21(24)23-18(20-8-4-10-28-20)12-17(22-23)19-7-3-9-26-19/h2-11,18H,12-14H2,1H3. The number of benzene rings is 1. The Balaban J connectivity index is 1.44. The fourth-order valence-corrected chi connectivity index (χ4v) is 4.75. The molecule has 0 aliphatic carbocycles. The largest absolute Gasteiger partial charge is 0.497 e. The number of rotatable bonds is 7. The molecule has 0 bridgehead atoms. The predicted molar refractivity (Wildman–Crippen MR) is 113 cm³/mol. The van der Waals surface area contributed by atoms with Gasteiger partial charge in [-0.2, -0.15) is 5.10 Å². The molecule has 0 spiro atoms. The highest BCUT2D eigenvalue weighted by Gasteiger charge is 2.34. The molecular weight excluding hydrogens is 392 g/mol. The van der Waals surface area contributed by atoms with Crippen LogP contribution in [0.15, 0.2) is 69.7 Å². The van der Waals surface area contributed by atoms with Gasteiger partial charge in [0.05, 0.1) is 25.2 Å². The van der Waals surface area contributed by atoms with Crippen LogP contribution in [0.2, 0.25) is 0 Å². The number of ether oxygens (including phenoxy) is 1. The summed E-state index contributed by atoms with van der Waals surface area (Å²) in [6, 6.07) is 15.6. The van der Waals surface area contributed by atoms with E-state index in [1.807, 2.05) is 47.8 Å². The Morgan fingerprint density at radius 3 is 3.00 bits per heavy atom. The van der Waals surface area contributed by atoms with Crippen LogP contribution < -0.4 is 4.74 Å². The second-order valence-electron chi connectivity index (χ2n) is 6.34. The van der Waals surface area contributed by atoms with Crippen molar-refractivity contribution in [2.45, 2.75) is 18.2 Å². The van der Waals surface area contributed by atoms with Gasteiger partial charge in [0.1, 0.15) is 17.2 Å². The number of methoxy groups -OCH3 is 1. The third-order valence-corrected chi connectivity index (χ3v) is 6.43. The fourth-order valence-electron chi connectivity index (χ4n) is 3.12. The van der Waals surface area contributed by atoms with Crippen LogP contribution in [-0.2, 0) is 10.5 Å². The van der Waals surface area contributed by atoms with Gasteiger partial charge in [0, 0.05) is 17.1 Å². The van der Waals surface area contributed by atoms with Gasteiger partial charge in [0.2, 0.25) is 0 Å². The SMILES string of the molecule is COc1cccc(CSCC(=O)N2N=C(c3ccco3)CC2c2cccs2)c1. The number of furan rings is 1. The maximum atomic E-state index is 12.9. The highest BCUT2D eigenvalue weighted by molar-refractivity contribution is 7.99. The Bertz CT molecular complexity index is 952. The summed E-state index contributed by atoms with van der Waals surface area (Å²) >= 11 is 3.23. The first kappa shape index (κ1) is 18.8. The number of carbonyl (C=O) groups is 1. The van der Waals surface area contributed by atoms with Crippen molar-refractivity contribution in [3.63, 3.8) is 0 Å². The molecule has 0 saturated heterocycles. The Morgan fingerprint density at radius 1 is 1.32 bits per heavy atom. The average Bonchev–Trinajstić information content (AvgIpc) is 3.48. The lowest BCUT2D eigenvalue weighted by atomic mass is 10.1. The number of hydrogen-bond donors (Lipinski definition) is 0. The van der Waals surface area contributed by atoms with E-state index in [0.29, 0.717) is 12.2 Å². The summed E-state index contributed by atoms with van der Waals surface area (Å²) in [7, 11) is 1.66. The van der Waals surface area contributed by atoms with E-state index in [2.05, 4.69) is 11.2 Å². The number of nitrogens with zero attached hydrogens (tertiary/aromatic N) is 2. The molecule has 3 heterocycles. The molecule has 0 N–H and O–H groups in total. The molecule has 7 heteroatoms. The molecule has 28 heavy (non-hydrogen) atoms. The van der Waals surface area contributed by atoms with Crippen molar-refractivity contribution in [3.8, 4) is 5.75 Å². The molecular formula is C21H20N2O3S2. The third kappa shape index (κ3) is 4.15. The van der Waals surface area contributed by atoms with Crippen molar-refractivity contribution >= 4 is 34.7 Å². The summed E-state index contributed by atoms with van der Waals surface area (Å²) < 4.78 is 10.7. The first-order valence-electron chi connectivity index (χ1n) is 8.92. The quantitative estimate of drug-likeness (QED) is 0.550. The van der Waals surface area contributed by atoms with Gasteiger partial charge in [0.15, 0.2) is 0 Å². The fraction of sp³-hybridized carbons (Fsp3) is 0.238. The smallest absolute Gasteiger partial charge is 0.253 e. The zero-order valence-corrected chi connectivity index (χ0v) is 17.0. The molecule has 1 atom stereocenters. The first-order valence-corrected chi connectivity index (χ1v) is 11.0. The van der Waals surface area contributed by atoms with E-state index in [1.165, 1.54) is 0 Å². The Hall–Kier alpha value is -2.51. The normalized spacial score (nSPS) is 16.2. The Morgan fingerprint density at radius 2 is 2.25 bits per heavy atom. The van der Waals surface area contributed by atoms with Gasteiger partial charge in [-0.3, -0.25) is 4.79 Å². The van der Waals surface area contributed by atoms with Crippen LogP contribution >= 0.6 is 23.1 Å². The van der Waals surface area contributed by atoms with E-state index in [4.69, 9.17) is 9.15 Å². The van der Waals surface area contributed by atoms with Crippen LogP contribution in [0, 0.1) is 0 Å². The second kappa shape index (κ2) is 8.67. The van der Waals surface area contributed by atoms with Gasteiger partial charge < -0.3 is 9.15 Å². The number of amides is 1. The summed E-state index contributed by atoms with van der Waals surface area (Å²) in [4.78, 5) is 14.1. The van der Waals surface area contributed by atoms with Gasteiger partial charge in [-0.25, -0.2) is 5.01 Å². The topological polar surface area (TPSA) is 55.0 Å². The number of hydrazone groups is 1. The minimum atomic E-state index is -0.0648. The van der Waals surface area contributed by atoms with E-state index in [-0.39, 0.29) is 11.9 Å². The van der Waals surface area contributed by atoms with Crippen molar-refractivity contribution in [1.29, 1.82) is 0 Å². The lowest BCUT2D eigenvalue weighted by Crippen LogP contribution is -2.28. The molecule has 1 unspecified atom stereocenters. The summed E-state index contributed by atoms with van der Waals surface area (Å²) in [6.45, 7) is 0. The molecule has 5 nitrogen and oxygen atoms in total. The molecule has 0 fully saturated rings. The van der Waals surface area contributed by atoms with Crippen LogP contribution in [-0.4, -0.2) is 29.5 Å². The molecule has 144 valence electrons. The van der Waals surface area contributed by atoms with Gasteiger partial charge in [-0.05, 0) is 41.3 Å². The zero-order valence-electron chi connectivity index (χ0n) is 15.4. The number of carbonyl (C=O) groups excluding carboxylic acids is 1. The zero-order chi connectivity index (χ0) is 19.3. The van der Waals surface area contributed by atoms with Crippen LogP contribution in [0.3, 0.4) is 0 Å². The van der Waals surface area contributed by atoms with E-state index in [1.54, 1.807) is 41.5 Å². The van der Waals surface area contributed by atoms with Crippen molar-refractivity contribution in [1.82, 2.24) is 5.01 Å². The molecule has 1 aliphatic heterocycles. The molecule has 0 radical (unpaired) electrons. The van der Waals surface area contributed by atoms with Gasteiger partial charge >= 0.3 is 0 Å². The molecule has 2 aromatic heterocycles. The first-order chi connectivity index (χ1) is 13.7. The van der Waals surface area contributed by atoms with Crippen molar-refractivity contribution in [2.24, 2.45) is 5.10 Å². The van der Waals surface area contributed by atoms with Crippen LogP contribution in [0.1, 0.15) is 28.7 Å². The number of hydrogen-bond acceptors (Lipinski definition) is 6. The summed E-state index contributed by atoms with van der Waals surface area (Å²) in [6.07, 6.45) is 2.30. The molecule has 1 aliphatic rings. The van der Waals surface area contributed by atoms with Crippen LogP contribution in [0.4, 0.5) is 0 Å². The van der Waals surface area contributed by atoms with Crippen molar-refractivity contribution in [2.75, 3.05) is 12.9 Å². The van der Waals surface area contributed by atoms with Crippen molar-refractivity contribution < 1.29 is 13.9 Å². The molecule has 0 saturated carbocycles. The van der Waals surface area contributed by atoms with Gasteiger partial charge in [-0.1, -0.05) is 18.2 Å². The van der Waals surface area contributed by atoms with E-state index < -0.39 is 0 Å². The number of thiophene rings is 1. The maximum absolute atomic E-state index is 12.9. The molecule has 1 aromatic carbocycles. The second-order valence-corrected chi connectivity index (χ2v) is 8.31. The average molecular weight is 413 g/mol. The Kier molecular flexibility index (Phi) is 5.83. The minimum Gasteiger partial charge on any atom is -0.497 e. The maximum Gasteiger partial charge on any atom is 0.253 e. The summed E-state index contributed by atoms with van der Waals surface area (Å²) in [5.41, 5.74) is 1.95. The molecule has 3 aromatic rings. The lowest BCUT2D eigenvalue weighted by Gasteiger charge is -2.20. The summed E-state index contributed by atoms with van der Waals surface area (Å²) in [5, 5.41) is 8.26. The molecule has 4 rings (SSSR count). The van der Waals surface area contributed by atoms with E-state index >= 15 is 0 Å². The van der Waals surface area contributed by atoms with Gasteiger partial charge in [-0.15, -0.1) is 23.1 Å². The minimum absolute atomic E-state index is 0.00727. The monoisotopic (exact) mass is 412 g/mol. The van der Waals surface area contributed by atoms with Crippen molar-refractivity contribution in [3.05, 3.63) is 76.4 Å². The van der Waals surface area contributed by atoms with Crippen LogP contribution in [0.25, 0.3) is 0 Å². The molecule has 1 amide bonds. The highest BCUT2D eigenvalue weighted by atomic mass is 32.2. The van der Waals surface area contributed by atoms with Crippen LogP contribution in [0.5, 0.6) is 5.75 Å². The van der Waals surface area contributed by atoms with Gasteiger partial charge in [0.25, 0.3) is 5.91 Å². The summed E-state index contributed by atoms with van der Waals surface area (Å²) in [5.74, 6) is 2.67. The Labute approximate surface area is 172 Å². The van der Waals surface area contributed by atoms with E-state index in [0.717, 1.165) is 33.4 Å². The number of thioether (sulfide) groups is 1.